The van der Waals surface area contributed by atoms with Crippen molar-refractivity contribution in [3.63, 3.8) is 0 Å². The van der Waals surface area contributed by atoms with Crippen molar-refractivity contribution in [2.45, 2.75) is 6.61 Å². The van der Waals surface area contributed by atoms with Crippen LogP contribution < -0.4 is 30.2 Å². The summed E-state index contributed by atoms with van der Waals surface area (Å²) in [4.78, 5) is 39.2. The molecule has 0 saturated heterocycles. The summed E-state index contributed by atoms with van der Waals surface area (Å²) in [6, 6.07) is 21.2. The number of rotatable bonds is 10. The topological polar surface area (TPSA) is 149 Å². The minimum Gasteiger partial charge on any atom is -0.493 e. The van der Waals surface area contributed by atoms with Crippen molar-refractivity contribution in [2.24, 2.45) is 0 Å². The maximum absolute atomic E-state index is 14.3. The van der Waals surface area contributed by atoms with E-state index in [4.69, 9.17) is 29.4 Å². The second-order valence-corrected chi connectivity index (χ2v) is 9.86. The van der Waals surface area contributed by atoms with Gasteiger partial charge in [0, 0.05) is 16.9 Å². The van der Waals surface area contributed by atoms with E-state index in [1.165, 1.54) is 45.1 Å². The third kappa shape index (κ3) is 6.26. The van der Waals surface area contributed by atoms with E-state index in [-0.39, 0.29) is 35.7 Å². The number of fused-ring (bicyclic) bond motifs is 1. The number of hydrogen-bond acceptors (Lipinski definition) is 9. The standard InChI is InChI=1S/C34H30N2O9.ClH/c1-41-27-15-21(16-28(42-2)31(27)43-3)29-25-13-12-24(45-18-19-6-5-7-20(14-19)33(38)39)17-26(25)32(37)36(30(29)34(40)44-4)23-10-8-22(35)9-11-23;/h5-17H,18,35H2,1-4H3,(H,38,39);1H. The Hall–Kier alpha value is -5.68. The van der Waals surface area contributed by atoms with E-state index in [0.717, 1.165) is 0 Å². The summed E-state index contributed by atoms with van der Waals surface area (Å²) < 4.78 is 29.1. The van der Waals surface area contributed by atoms with Gasteiger partial charge in [0.1, 0.15) is 18.1 Å². The molecule has 0 saturated carbocycles. The molecule has 0 bridgehead atoms. The van der Waals surface area contributed by atoms with Crippen molar-refractivity contribution >= 4 is 40.8 Å². The van der Waals surface area contributed by atoms with Crippen LogP contribution in [0.5, 0.6) is 23.0 Å². The van der Waals surface area contributed by atoms with Crippen molar-refractivity contribution in [3.05, 3.63) is 106 Å². The number of aromatic carboxylic acids is 1. The van der Waals surface area contributed by atoms with E-state index < -0.39 is 17.5 Å². The summed E-state index contributed by atoms with van der Waals surface area (Å²) in [5, 5.41) is 10.0. The Morgan fingerprint density at radius 1 is 0.826 bits per heavy atom. The number of nitrogen functional groups attached to an aromatic ring is 1. The quantitative estimate of drug-likeness (QED) is 0.142. The molecular weight excluding hydrogens is 616 g/mol. The van der Waals surface area contributed by atoms with Gasteiger partial charge in [-0.05, 0) is 83.2 Å². The van der Waals surface area contributed by atoms with Gasteiger partial charge in [0.05, 0.1) is 39.4 Å². The van der Waals surface area contributed by atoms with E-state index in [1.807, 2.05) is 0 Å². The number of aromatic nitrogens is 1. The largest absolute Gasteiger partial charge is 0.493 e. The van der Waals surface area contributed by atoms with Crippen LogP contribution in [0.1, 0.15) is 26.4 Å². The van der Waals surface area contributed by atoms with Gasteiger partial charge in [0.2, 0.25) is 5.75 Å². The highest BCUT2D eigenvalue weighted by Crippen LogP contribution is 2.44. The Morgan fingerprint density at radius 2 is 1.50 bits per heavy atom. The van der Waals surface area contributed by atoms with Gasteiger partial charge >= 0.3 is 11.9 Å². The van der Waals surface area contributed by atoms with Crippen LogP contribution in [0.2, 0.25) is 0 Å². The number of carboxylic acids is 1. The lowest BCUT2D eigenvalue weighted by atomic mass is 9.95. The van der Waals surface area contributed by atoms with Crippen molar-refractivity contribution in [3.8, 4) is 39.8 Å². The van der Waals surface area contributed by atoms with Gasteiger partial charge in [-0.3, -0.25) is 9.36 Å². The molecule has 0 fully saturated rings. The van der Waals surface area contributed by atoms with Crippen LogP contribution >= 0.6 is 12.4 Å². The number of carbonyl (C=O) groups excluding carboxylic acids is 1. The zero-order valence-electron chi connectivity index (χ0n) is 25.4. The van der Waals surface area contributed by atoms with Gasteiger partial charge in [-0.2, -0.15) is 0 Å². The number of carboxylic acid groups (broad SMARTS) is 1. The van der Waals surface area contributed by atoms with E-state index in [1.54, 1.807) is 66.7 Å². The lowest BCUT2D eigenvalue weighted by Gasteiger charge is -2.21. The average Bonchev–Trinajstić information content (AvgIpc) is 3.06. The van der Waals surface area contributed by atoms with Gasteiger partial charge in [-0.1, -0.05) is 12.1 Å². The highest BCUT2D eigenvalue weighted by molar-refractivity contribution is 6.08. The van der Waals surface area contributed by atoms with Crippen LogP contribution in [0.25, 0.3) is 27.6 Å². The van der Waals surface area contributed by atoms with E-state index in [2.05, 4.69) is 0 Å². The van der Waals surface area contributed by atoms with Crippen molar-refractivity contribution < 1.29 is 38.4 Å². The molecule has 46 heavy (non-hydrogen) atoms. The van der Waals surface area contributed by atoms with Crippen LogP contribution in [-0.4, -0.2) is 50.1 Å². The van der Waals surface area contributed by atoms with Crippen LogP contribution in [0.4, 0.5) is 5.69 Å². The van der Waals surface area contributed by atoms with Crippen LogP contribution in [0.3, 0.4) is 0 Å². The number of anilines is 1. The molecule has 0 radical (unpaired) electrons. The molecule has 0 aliphatic carbocycles. The maximum Gasteiger partial charge on any atom is 0.355 e. The second kappa shape index (κ2) is 14.0. The Bertz CT molecular complexity index is 1960. The molecule has 0 unspecified atom stereocenters. The molecule has 3 N–H and O–H groups in total. The molecule has 0 aliphatic rings. The number of halogens is 1. The van der Waals surface area contributed by atoms with E-state index in [0.29, 0.717) is 56.4 Å². The summed E-state index contributed by atoms with van der Waals surface area (Å²) in [6.07, 6.45) is 0. The lowest BCUT2D eigenvalue weighted by molar-refractivity contribution is 0.0590. The molecule has 0 atom stereocenters. The maximum atomic E-state index is 14.3. The molecule has 4 aromatic carbocycles. The molecule has 1 aromatic heterocycles. The summed E-state index contributed by atoms with van der Waals surface area (Å²) in [6.45, 7) is 0.0543. The molecule has 5 rings (SSSR count). The second-order valence-electron chi connectivity index (χ2n) is 9.86. The number of hydrogen-bond donors (Lipinski definition) is 2. The fourth-order valence-electron chi connectivity index (χ4n) is 5.11. The molecular formula is C34H31ClN2O9. The number of benzene rings is 4. The summed E-state index contributed by atoms with van der Waals surface area (Å²) in [5.41, 5.74) is 7.85. The van der Waals surface area contributed by atoms with Gasteiger partial charge in [-0.15, -0.1) is 12.4 Å². The van der Waals surface area contributed by atoms with Gasteiger partial charge < -0.3 is 34.5 Å². The number of nitrogens with two attached hydrogens (primary N) is 1. The zero-order chi connectivity index (χ0) is 32.2. The first-order valence-corrected chi connectivity index (χ1v) is 13.6. The Balaban J connectivity index is 0.00000480. The molecule has 12 heteroatoms. The van der Waals surface area contributed by atoms with Crippen LogP contribution in [0, 0.1) is 0 Å². The molecule has 5 aromatic rings. The predicted octanol–water partition coefficient (Wildman–Crippen LogP) is 5.75. The minimum atomic E-state index is -1.05. The highest BCUT2D eigenvalue weighted by atomic mass is 35.5. The van der Waals surface area contributed by atoms with Gasteiger partial charge in [0.25, 0.3) is 5.56 Å². The SMILES string of the molecule is COC(=O)c1c(-c2cc(OC)c(OC)c(OC)c2)c2ccc(OCc3cccc(C(=O)O)c3)cc2c(=O)n1-c1ccc(N)cc1.Cl. The third-order valence-electron chi connectivity index (χ3n) is 7.22. The van der Waals surface area contributed by atoms with Gasteiger partial charge in [0.15, 0.2) is 11.5 Å². The molecule has 0 spiro atoms. The molecule has 0 amide bonds. The van der Waals surface area contributed by atoms with E-state index in [9.17, 15) is 19.5 Å². The highest BCUT2D eigenvalue weighted by Gasteiger charge is 2.27. The number of methoxy groups -OCH3 is 4. The smallest absolute Gasteiger partial charge is 0.355 e. The van der Waals surface area contributed by atoms with Crippen LogP contribution in [-0.2, 0) is 11.3 Å². The first-order chi connectivity index (χ1) is 21.7. The number of pyridine rings is 1. The Kier molecular flexibility index (Phi) is 10.1. The summed E-state index contributed by atoms with van der Waals surface area (Å²) >= 11 is 0. The summed E-state index contributed by atoms with van der Waals surface area (Å²) in [5.74, 6) is -0.429. The fourth-order valence-corrected chi connectivity index (χ4v) is 5.11. The number of carbonyl (C=O) groups is 2. The monoisotopic (exact) mass is 646 g/mol. The molecule has 1 heterocycles. The first-order valence-electron chi connectivity index (χ1n) is 13.6. The van der Waals surface area contributed by atoms with Crippen molar-refractivity contribution in [1.82, 2.24) is 4.57 Å². The first kappa shape index (κ1) is 33.2. The minimum absolute atomic E-state index is 0. The molecule has 238 valence electrons. The predicted molar refractivity (Wildman–Crippen MR) is 175 cm³/mol. The third-order valence-corrected chi connectivity index (χ3v) is 7.22. The normalized spacial score (nSPS) is 10.5. The molecule has 11 nitrogen and oxygen atoms in total. The lowest BCUT2D eigenvalue weighted by Crippen LogP contribution is -2.27. The van der Waals surface area contributed by atoms with Crippen LogP contribution in [0.15, 0.2) is 83.7 Å². The number of ether oxygens (including phenoxy) is 5. The van der Waals surface area contributed by atoms with Gasteiger partial charge in [-0.25, -0.2) is 9.59 Å². The fraction of sp³-hybridized carbons (Fsp3) is 0.147. The van der Waals surface area contributed by atoms with Crippen molar-refractivity contribution in [2.75, 3.05) is 34.2 Å². The van der Waals surface area contributed by atoms with E-state index >= 15 is 0 Å². The number of nitrogens with zero attached hydrogens (tertiary/aromatic N) is 1. The Labute approximate surface area is 270 Å². The van der Waals surface area contributed by atoms with Crippen molar-refractivity contribution in [1.29, 1.82) is 0 Å². The summed E-state index contributed by atoms with van der Waals surface area (Å²) in [7, 11) is 5.67. The average molecular weight is 647 g/mol. The Morgan fingerprint density at radius 3 is 2.09 bits per heavy atom. The zero-order valence-corrected chi connectivity index (χ0v) is 26.2. The molecule has 0 aliphatic heterocycles. The number of esters is 1.